The molecule has 0 aromatic carbocycles. The highest BCUT2D eigenvalue weighted by Crippen LogP contribution is 2.37. The van der Waals surface area contributed by atoms with Crippen molar-refractivity contribution in [3.8, 4) is 0 Å². The topological polar surface area (TPSA) is 52.6 Å². The Bertz CT molecular complexity index is 568. The zero-order valence-corrected chi connectivity index (χ0v) is 20.1. The molecule has 0 amide bonds. The number of alkyl halides is 4. The number of halogens is 4. The van der Waals surface area contributed by atoms with Crippen LogP contribution in [0.15, 0.2) is 0 Å². The van der Waals surface area contributed by atoms with E-state index < -0.39 is 30.3 Å². The lowest BCUT2D eigenvalue weighted by Crippen LogP contribution is -2.40. The summed E-state index contributed by atoms with van der Waals surface area (Å²) in [7, 11) is 0. The number of ether oxygens (including phenoxy) is 2. The lowest BCUT2D eigenvalue weighted by Gasteiger charge is -2.38. The number of rotatable bonds is 9. The molecular formula is C23H40F4O4. The number of carbonyl (C=O) groups excluding carboxylic acids is 2. The maximum atomic E-state index is 12.4. The summed E-state index contributed by atoms with van der Waals surface area (Å²) < 4.78 is 58.1. The fraction of sp³-hybridized carbons (Fsp3) is 0.913. The third kappa shape index (κ3) is 9.36. The van der Waals surface area contributed by atoms with Crippen molar-refractivity contribution in [1.29, 1.82) is 0 Å². The minimum Gasteiger partial charge on any atom is -0.459 e. The van der Waals surface area contributed by atoms with Crippen molar-refractivity contribution in [1.82, 2.24) is 0 Å². The zero-order chi connectivity index (χ0) is 24.5. The van der Waals surface area contributed by atoms with Gasteiger partial charge in [-0.1, -0.05) is 27.2 Å². The van der Waals surface area contributed by atoms with Gasteiger partial charge in [0.1, 0.15) is 5.60 Å². The van der Waals surface area contributed by atoms with Gasteiger partial charge >= 0.3 is 24.3 Å². The van der Waals surface area contributed by atoms with E-state index in [1.165, 1.54) is 33.1 Å². The molecule has 0 aromatic heterocycles. The Morgan fingerprint density at radius 2 is 1.32 bits per heavy atom. The standard InChI is InChI=1S/C14H26O2.C9H14F4O2/c1-5-13(3,4)12(15)16-14(6-2)10-8-7-9-11-14;1-4-8(2,3)7(14)15-5-9(12,13)6(10)11/h5-11H2,1-4H3;6H,4-5H2,1-3H3. The summed E-state index contributed by atoms with van der Waals surface area (Å²) in [5, 5.41) is 0. The maximum absolute atomic E-state index is 12.4. The molecular weight excluding hydrogens is 416 g/mol. The van der Waals surface area contributed by atoms with E-state index in [9.17, 15) is 27.2 Å². The highest BCUT2D eigenvalue weighted by Gasteiger charge is 2.43. The van der Waals surface area contributed by atoms with Gasteiger partial charge in [-0.25, -0.2) is 8.78 Å². The molecule has 4 nitrogen and oxygen atoms in total. The van der Waals surface area contributed by atoms with Crippen LogP contribution in [-0.4, -0.2) is 36.5 Å². The summed E-state index contributed by atoms with van der Waals surface area (Å²) in [6.45, 7) is 11.2. The Morgan fingerprint density at radius 3 is 1.71 bits per heavy atom. The second-order valence-electron chi connectivity index (χ2n) is 9.60. The van der Waals surface area contributed by atoms with Crippen molar-refractivity contribution in [3.05, 3.63) is 0 Å². The van der Waals surface area contributed by atoms with Crippen LogP contribution in [0, 0.1) is 10.8 Å². The fourth-order valence-corrected chi connectivity index (χ4v) is 2.77. The van der Waals surface area contributed by atoms with Gasteiger partial charge in [0, 0.05) is 0 Å². The average Bonchev–Trinajstić information content (AvgIpc) is 2.72. The van der Waals surface area contributed by atoms with E-state index in [1.54, 1.807) is 6.92 Å². The number of carbonyl (C=O) groups is 2. The summed E-state index contributed by atoms with van der Waals surface area (Å²) in [6.07, 6.45) is 4.15. The Hall–Kier alpha value is -1.34. The molecule has 1 saturated carbocycles. The first-order valence-corrected chi connectivity index (χ1v) is 11.2. The summed E-state index contributed by atoms with van der Waals surface area (Å²) >= 11 is 0. The SMILES string of the molecule is CCC(C)(C)C(=O)OCC(F)(F)C(F)F.CCC1(OC(=O)C(C)(C)CC)CCCCC1. The van der Waals surface area contributed by atoms with Gasteiger partial charge in [-0.2, -0.15) is 8.78 Å². The largest absolute Gasteiger partial charge is 0.459 e. The van der Waals surface area contributed by atoms with Crippen molar-refractivity contribution in [2.75, 3.05) is 6.61 Å². The van der Waals surface area contributed by atoms with E-state index >= 15 is 0 Å². The predicted molar refractivity (Wildman–Crippen MR) is 112 cm³/mol. The maximum Gasteiger partial charge on any atom is 0.340 e. The van der Waals surface area contributed by atoms with E-state index in [2.05, 4.69) is 11.7 Å². The van der Waals surface area contributed by atoms with Gasteiger partial charge in [-0.3, -0.25) is 9.59 Å². The van der Waals surface area contributed by atoms with Crippen LogP contribution in [-0.2, 0) is 19.1 Å². The molecule has 1 aliphatic rings. The second kappa shape index (κ2) is 12.0. The summed E-state index contributed by atoms with van der Waals surface area (Å²) in [6, 6.07) is 0. The van der Waals surface area contributed by atoms with Crippen molar-refractivity contribution in [2.45, 2.75) is 118 Å². The van der Waals surface area contributed by atoms with E-state index in [-0.39, 0.29) is 17.0 Å². The average molecular weight is 457 g/mol. The molecule has 8 heteroatoms. The van der Waals surface area contributed by atoms with Crippen LogP contribution in [0.1, 0.15) is 99.8 Å². The van der Waals surface area contributed by atoms with Gasteiger partial charge in [-0.15, -0.1) is 0 Å². The highest BCUT2D eigenvalue weighted by atomic mass is 19.3. The minimum atomic E-state index is -4.28. The smallest absolute Gasteiger partial charge is 0.340 e. The van der Waals surface area contributed by atoms with Crippen molar-refractivity contribution in [2.24, 2.45) is 10.8 Å². The highest BCUT2D eigenvalue weighted by molar-refractivity contribution is 5.76. The van der Waals surface area contributed by atoms with E-state index in [4.69, 9.17) is 4.74 Å². The van der Waals surface area contributed by atoms with Crippen LogP contribution >= 0.6 is 0 Å². The molecule has 0 atom stereocenters. The summed E-state index contributed by atoms with van der Waals surface area (Å²) in [4.78, 5) is 23.3. The Kier molecular flexibility index (Phi) is 11.5. The predicted octanol–water partition coefficient (Wildman–Crippen LogP) is 6.94. The summed E-state index contributed by atoms with van der Waals surface area (Å²) in [5.74, 6) is -5.19. The Balaban J connectivity index is 0.000000582. The van der Waals surface area contributed by atoms with Gasteiger partial charge in [0.2, 0.25) is 0 Å². The molecule has 1 fully saturated rings. The zero-order valence-electron chi connectivity index (χ0n) is 20.1. The molecule has 1 aliphatic carbocycles. The first kappa shape index (κ1) is 29.7. The van der Waals surface area contributed by atoms with Gasteiger partial charge in [-0.05, 0) is 72.6 Å². The molecule has 0 aliphatic heterocycles. The molecule has 0 spiro atoms. The summed E-state index contributed by atoms with van der Waals surface area (Å²) in [5.41, 5.74) is -1.42. The first-order valence-electron chi connectivity index (χ1n) is 11.2. The minimum absolute atomic E-state index is 0.0150. The Morgan fingerprint density at radius 1 is 0.871 bits per heavy atom. The third-order valence-corrected chi connectivity index (χ3v) is 6.31. The second-order valence-corrected chi connectivity index (χ2v) is 9.60. The molecule has 0 aromatic rings. The van der Waals surface area contributed by atoms with Crippen LogP contribution < -0.4 is 0 Å². The van der Waals surface area contributed by atoms with Crippen molar-refractivity contribution < 1.29 is 36.6 Å². The normalized spacial score (nSPS) is 16.9. The molecule has 0 saturated heterocycles. The Labute approximate surface area is 184 Å². The fourth-order valence-electron chi connectivity index (χ4n) is 2.77. The quantitative estimate of drug-likeness (QED) is 0.278. The molecule has 0 bridgehead atoms. The van der Waals surface area contributed by atoms with Gasteiger partial charge in [0.05, 0.1) is 10.8 Å². The lowest BCUT2D eigenvalue weighted by molar-refractivity contribution is -0.186. The van der Waals surface area contributed by atoms with Crippen LogP contribution in [0.25, 0.3) is 0 Å². The molecule has 184 valence electrons. The molecule has 31 heavy (non-hydrogen) atoms. The van der Waals surface area contributed by atoms with Crippen LogP contribution in [0.2, 0.25) is 0 Å². The van der Waals surface area contributed by atoms with Crippen LogP contribution in [0.3, 0.4) is 0 Å². The van der Waals surface area contributed by atoms with E-state index in [1.807, 2.05) is 20.8 Å². The van der Waals surface area contributed by atoms with Crippen molar-refractivity contribution in [3.63, 3.8) is 0 Å². The monoisotopic (exact) mass is 456 g/mol. The number of esters is 2. The molecule has 0 radical (unpaired) electrons. The number of hydrogen-bond acceptors (Lipinski definition) is 4. The van der Waals surface area contributed by atoms with E-state index in [0.717, 1.165) is 25.7 Å². The molecule has 0 unspecified atom stereocenters. The third-order valence-electron chi connectivity index (χ3n) is 6.31. The number of hydrogen-bond donors (Lipinski definition) is 0. The van der Waals surface area contributed by atoms with Gasteiger partial charge < -0.3 is 9.47 Å². The molecule has 0 heterocycles. The van der Waals surface area contributed by atoms with E-state index in [0.29, 0.717) is 6.42 Å². The first-order chi connectivity index (χ1) is 14.1. The molecule has 1 rings (SSSR count). The molecule has 0 N–H and O–H groups in total. The van der Waals surface area contributed by atoms with Crippen molar-refractivity contribution >= 4 is 11.9 Å². The van der Waals surface area contributed by atoms with Gasteiger partial charge in [0.25, 0.3) is 0 Å². The van der Waals surface area contributed by atoms with Crippen LogP contribution in [0.4, 0.5) is 17.6 Å². The van der Waals surface area contributed by atoms with Crippen LogP contribution in [0.5, 0.6) is 0 Å². The van der Waals surface area contributed by atoms with Gasteiger partial charge in [0.15, 0.2) is 6.61 Å². The lowest BCUT2D eigenvalue weighted by atomic mass is 9.82.